The Morgan fingerprint density at radius 1 is 1.12 bits per heavy atom. The van der Waals surface area contributed by atoms with Crippen molar-refractivity contribution in [2.24, 2.45) is 0 Å². The van der Waals surface area contributed by atoms with Gasteiger partial charge in [-0.1, -0.05) is 6.07 Å². The van der Waals surface area contributed by atoms with E-state index in [0.29, 0.717) is 25.3 Å². The zero-order valence-corrected chi connectivity index (χ0v) is 14.5. The molecule has 6 heteroatoms. The van der Waals surface area contributed by atoms with Crippen molar-refractivity contribution in [2.75, 3.05) is 20.3 Å². The summed E-state index contributed by atoms with van der Waals surface area (Å²) in [4.78, 5) is 14.4. The molecule has 0 saturated carbocycles. The molecule has 0 aliphatic carbocycles. The maximum absolute atomic E-state index is 12.7. The van der Waals surface area contributed by atoms with Gasteiger partial charge in [-0.25, -0.2) is 4.68 Å². The fraction of sp³-hybridized carbons (Fsp3) is 0.200. The van der Waals surface area contributed by atoms with Crippen LogP contribution < -0.4 is 9.47 Å². The number of hydrogen-bond acceptors (Lipinski definition) is 4. The summed E-state index contributed by atoms with van der Waals surface area (Å²) < 4.78 is 12.9. The van der Waals surface area contributed by atoms with Gasteiger partial charge < -0.3 is 14.4 Å². The predicted octanol–water partition coefficient (Wildman–Crippen LogP) is 2.92. The van der Waals surface area contributed by atoms with Crippen LogP contribution in [0.4, 0.5) is 0 Å². The number of ether oxygens (including phenoxy) is 2. The fourth-order valence-electron chi connectivity index (χ4n) is 2.93. The number of nitrogens with zero attached hydrogens (tertiary/aromatic N) is 3. The highest BCUT2D eigenvalue weighted by Crippen LogP contribution is 2.31. The van der Waals surface area contributed by atoms with E-state index >= 15 is 0 Å². The number of benzene rings is 2. The van der Waals surface area contributed by atoms with Gasteiger partial charge in [-0.15, -0.1) is 0 Å². The molecule has 1 aliphatic heterocycles. The van der Waals surface area contributed by atoms with Crippen LogP contribution in [0.3, 0.4) is 0 Å². The third-order valence-electron chi connectivity index (χ3n) is 4.26. The molecule has 132 valence electrons. The number of carbonyl (C=O) groups is 1. The molecule has 0 bridgehead atoms. The maximum atomic E-state index is 12.7. The molecule has 0 N–H and O–H groups in total. The highest BCUT2D eigenvalue weighted by molar-refractivity contribution is 5.94. The average molecular weight is 349 g/mol. The topological polar surface area (TPSA) is 56.6 Å². The third-order valence-corrected chi connectivity index (χ3v) is 4.26. The molecule has 26 heavy (non-hydrogen) atoms. The van der Waals surface area contributed by atoms with Crippen LogP contribution in [0.5, 0.6) is 11.5 Å². The molecule has 1 aromatic heterocycles. The fourth-order valence-corrected chi connectivity index (χ4v) is 2.93. The lowest BCUT2D eigenvalue weighted by molar-refractivity contribution is 0.0785. The van der Waals surface area contributed by atoms with E-state index in [1.54, 1.807) is 22.8 Å². The number of fused-ring (bicyclic) bond motifs is 1. The summed E-state index contributed by atoms with van der Waals surface area (Å²) in [6.07, 6.45) is 3.59. The number of aromatic nitrogens is 2. The second kappa shape index (κ2) is 6.92. The molecule has 2 heterocycles. The summed E-state index contributed by atoms with van der Waals surface area (Å²) in [6.45, 7) is 1.61. The van der Waals surface area contributed by atoms with Gasteiger partial charge in [0.1, 0.15) is 13.2 Å². The van der Waals surface area contributed by atoms with E-state index in [-0.39, 0.29) is 5.91 Å². The van der Waals surface area contributed by atoms with Crippen molar-refractivity contribution in [3.63, 3.8) is 0 Å². The van der Waals surface area contributed by atoms with E-state index in [9.17, 15) is 4.79 Å². The Bertz CT molecular complexity index is 905. The average Bonchev–Trinajstić information content (AvgIpc) is 3.22. The molecular formula is C20H19N3O3. The van der Waals surface area contributed by atoms with Crippen molar-refractivity contribution in [3.8, 4) is 17.2 Å². The van der Waals surface area contributed by atoms with Crippen LogP contribution >= 0.6 is 0 Å². The van der Waals surface area contributed by atoms with Gasteiger partial charge in [-0.3, -0.25) is 4.79 Å². The first-order chi connectivity index (χ1) is 12.7. The van der Waals surface area contributed by atoms with E-state index in [0.717, 1.165) is 22.7 Å². The zero-order chi connectivity index (χ0) is 17.9. The Labute approximate surface area is 151 Å². The number of rotatable bonds is 4. The number of hydrogen-bond donors (Lipinski definition) is 0. The Balaban J connectivity index is 1.46. The third kappa shape index (κ3) is 3.26. The zero-order valence-electron chi connectivity index (χ0n) is 14.5. The molecule has 1 amide bonds. The van der Waals surface area contributed by atoms with Crippen LogP contribution in [-0.2, 0) is 6.54 Å². The summed E-state index contributed by atoms with van der Waals surface area (Å²) in [5.41, 5.74) is 2.56. The molecule has 0 fully saturated rings. The van der Waals surface area contributed by atoms with E-state index in [1.807, 2.05) is 54.7 Å². The van der Waals surface area contributed by atoms with Crippen molar-refractivity contribution < 1.29 is 14.3 Å². The lowest BCUT2D eigenvalue weighted by Gasteiger charge is -2.21. The van der Waals surface area contributed by atoms with E-state index in [2.05, 4.69) is 5.10 Å². The van der Waals surface area contributed by atoms with Crippen LogP contribution in [-0.4, -0.2) is 40.8 Å². The summed E-state index contributed by atoms with van der Waals surface area (Å²) >= 11 is 0. The highest BCUT2D eigenvalue weighted by Gasteiger charge is 2.15. The van der Waals surface area contributed by atoms with Gasteiger partial charge in [-0.2, -0.15) is 5.10 Å². The standard InChI is InChI=1S/C20H19N3O3/c1-22(14-15-3-8-18-19(13-15)26-12-11-25-18)20(24)16-4-6-17(7-5-16)23-10-2-9-21-23/h2-10,13H,11-12,14H2,1H3. The first kappa shape index (κ1) is 16.2. The van der Waals surface area contributed by atoms with Gasteiger partial charge in [0.2, 0.25) is 0 Å². The van der Waals surface area contributed by atoms with Crippen LogP contribution in [0.2, 0.25) is 0 Å². The summed E-state index contributed by atoms with van der Waals surface area (Å²) in [5, 5.41) is 4.19. The van der Waals surface area contributed by atoms with E-state index in [4.69, 9.17) is 9.47 Å². The Morgan fingerprint density at radius 2 is 1.88 bits per heavy atom. The smallest absolute Gasteiger partial charge is 0.253 e. The van der Waals surface area contributed by atoms with Crippen molar-refractivity contribution in [1.29, 1.82) is 0 Å². The first-order valence-electron chi connectivity index (χ1n) is 8.45. The molecule has 0 saturated heterocycles. The molecule has 0 spiro atoms. The van der Waals surface area contributed by atoms with Gasteiger partial charge in [0.05, 0.1) is 5.69 Å². The monoisotopic (exact) mass is 349 g/mol. The van der Waals surface area contributed by atoms with Crippen LogP contribution in [0, 0.1) is 0 Å². The second-order valence-corrected chi connectivity index (χ2v) is 6.14. The molecular weight excluding hydrogens is 330 g/mol. The molecule has 0 atom stereocenters. The molecule has 1 aliphatic rings. The Hall–Kier alpha value is -3.28. The van der Waals surface area contributed by atoms with Crippen molar-refractivity contribution in [2.45, 2.75) is 6.54 Å². The van der Waals surface area contributed by atoms with Gasteiger partial charge >= 0.3 is 0 Å². The molecule has 6 nitrogen and oxygen atoms in total. The molecule has 3 aromatic rings. The number of carbonyl (C=O) groups excluding carboxylic acids is 1. The first-order valence-corrected chi connectivity index (χ1v) is 8.45. The van der Waals surface area contributed by atoms with Gasteiger partial charge in [0.15, 0.2) is 11.5 Å². The summed E-state index contributed by atoms with van der Waals surface area (Å²) in [6, 6.07) is 15.0. The minimum atomic E-state index is -0.0353. The Kier molecular flexibility index (Phi) is 4.31. The molecule has 0 radical (unpaired) electrons. The maximum Gasteiger partial charge on any atom is 0.253 e. The lowest BCUT2D eigenvalue weighted by Crippen LogP contribution is -2.26. The SMILES string of the molecule is CN(Cc1ccc2c(c1)OCCO2)C(=O)c1ccc(-n2cccn2)cc1. The van der Waals surface area contributed by atoms with Gasteiger partial charge in [0.25, 0.3) is 5.91 Å². The molecule has 0 unspecified atom stereocenters. The Morgan fingerprint density at radius 3 is 2.62 bits per heavy atom. The molecule has 2 aromatic carbocycles. The van der Waals surface area contributed by atoms with Crippen molar-refractivity contribution in [3.05, 3.63) is 72.1 Å². The van der Waals surface area contributed by atoms with E-state index in [1.165, 1.54) is 0 Å². The largest absolute Gasteiger partial charge is 0.486 e. The minimum absolute atomic E-state index is 0.0353. The van der Waals surface area contributed by atoms with Gasteiger partial charge in [-0.05, 0) is 48.0 Å². The molecule has 4 rings (SSSR count). The second-order valence-electron chi connectivity index (χ2n) is 6.14. The highest BCUT2D eigenvalue weighted by atomic mass is 16.6. The van der Waals surface area contributed by atoms with E-state index < -0.39 is 0 Å². The quantitative estimate of drug-likeness (QED) is 0.727. The summed E-state index contributed by atoms with van der Waals surface area (Å²) in [5.74, 6) is 1.45. The predicted molar refractivity (Wildman–Crippen MR) is 96.8 cm³/mol. The van der Waals surface area contributed by atoms with Gasteiger partial charge in [0, 0.05) is 31.5 Å². The normalized spacial score (nSPS) is 12.7. The lowest BCUT2D eigenvalue weighted by atomic mass is 10.1. The minimum Gasteiger partial charge on any atom is -0.486 e. The van der Waals surface area contributed by atoms with Crippen molar-refractivity contribution in [1.82, 2.24) is 14.7 Å². The van der Waals surface area contributed by atoms with Crippen LogP contribution in [0.15, 0.2) is 60.9 Å². The summed E-state index contributed by atoms with van der Waals surface area (Å²) in [7, 11) is 1.79. The number of amides is 1. The van der Waals surface area contributed by atoms with Crippen LogP contribution in [0.25, 0.3) is 5.69 Å². The van der Waals surface area contributed by atoms with Crippen molar-refractivity contribution >= 4 is 5.91 Å². The van der Waals surface area contributed by atoms with Crippen LogP contribution in [0.1, 0.15) is 15.9 Å².